The van der Waals surface area contributed by atoms with Crippen molar-refractivity contribution in [2.24, 2.45) is 0 Å². The fourth-order valence-corrected chi connectivity index (χ4v) is 2.90. The molecule has 1 heterocycles. The Morgan fingerprint density at radius 1 is 0.826 bits per heavy atom. The number of rotatable bonds is 2. The molecule has 1 aromatic heterocycles. The highest BCUT2D eigenvalue weighted by atomic mass is 16.5. The van der Waals surface area contributed by atoms with E-state index in [4.69, 9.17) is 4.74 Å². The Hall–Kier alpha value is -3.07. The Morgan fingerprint density at radius 2 is 1.65 bits per heavy atom. The third-order valence-electron chi connectivity index (χ3n) is 4.09. The van der Waals surface area contributed by atoms with Gasteiger partial charge in [0.25, 0.3) is 0 Å². The van der Waals surface area contributed by atoms with Gasteiger partial charge in [-0.3, -0.25) is 4.98 Å². The van der Waals surface area contributed by atoms with Crippen LogP contribution in [-0.2, 0) is 0 Å². The van der Waals surface area contributed by atoms with E-state index >= 15 is 0 Å². The molecule has 0 amide bonds. The van der Waals surface area contributed by atoms with Crippen molar-refractivity contribution in [1.29, 1.82) is 0 Å². The van der Waals surface area contributed by atoms with E-state index < -0.39 is 0 Å². The van der Waals surface area contributed by atoms with Gasteiger partial charge in [0.05, 0.1) is 12.6 Å². The standard InChI is InChI=1S/C20H15NO2/c1-23-15-7-8-19-17(11-15)16-9-14(13-5-3-2-4-6-13)10-20(22)18(16)12-21-19/h2-12,22H,1H3. The number of nitrogens with zero attached hydrogens (tertiary/aromatic N) is 1. The molecule has 4 rings (SSSR count). The van der Waals surface area contributed by atoms with Crippen LogP contribution in [0.5, 0.6) is 11.5 Å². The first-order valence-electron chi connectivity index (χ1n) is 7.41. The maximum atomic E-state index is 10.4. The summed E-state index contributed by atoms with van der Waals surface area (Å²) < 4.78 is 5.33. The fourth-order valence-electron chi connectivity index (χ4n) is 2.90. The Morgan fingerprint density at radius 3 is 2.43 bits per heavy atom. The number of aromatic hydroxyl groups is 1. The second kappa shape index (κ2) is 5.29. The van der Waals surface area contributed by atoms with Gasteiger partial charge in [-0.1, -0.05) is 30.3 Å². The number of phenols is 1. The van der Waals surface area contributed by atoms with Crippen molar-refractivity contribution < 1.29 is 9.84 Å². The summed E-state index contributed by atoms with van der Waals surface area (Å²) in [5.41, 5.74) is 2.92. The Balaban J connectivity index is 2.08. The third-order valence-corrected chi connectivity index (χ3v) is 4.09. The number of benzene rings is 3. The van der Waals surface area contributed by atoms with E-state index in [9.17, 15) is 5.11 Å². The SMILES string of the molecule is COc1ccc2ncc3c(O)cc(-c4ccccc4)cc3c2c1. The summed E-state index contributed by atoms with van der Waals surface area (Å²) in [6.45, 7) is 0. The van der Waals surface area contributed by atoms with Gasteiger partial charge in [-0.2, -0.15) is 0 Å². The molecular weight excluding hydrogens is 286 g/mol. The molecule has 0 bridgehead atoms. The number of fused-ring (bicyclic) bond motifs is 3. The Labute approximate surface area is 133 Å². The minimum Gasteiger partial charge on any atom is -0.507 e. The van der Waals surface area contributed by atoms with E-state index in [0.717, 1.165) is 38.6 Å². The molecule has 0 aliphatic carbocycles. The molecule has 0 radical (unpaired) electrons. The van der Waals surface area contributed by atoms with Gasteiger partial charge in [-0.05, 0) is 46.8 Å². The van der Waals surface area contributed by atoms with Crippen molar-refractivity contribution in [1.82, 2.24) is 4.98 Å². The molecule has 0 saturated heterocycles. The summed E-state index contributed by atoms with van der Waals surface area (Å²) in [6.07, 6.45) is 1.72. The zero-order valence-corrected chi connectivity index (χ0v) is 12.7. The number of hydrogen-bond acceptors (Lipinski definition) is 3. The average molecular weight is 301 g/mol. The van der Waals surface area contributed by atoms with Crippen molar-refractivity contribution in [3.8, 4) is 22.6 Å². The van der Waals surface area contributed by atoms with E-state index in [1.54, 1.807) is 19.4 Å². The number of pyridine rings is 1. The van der Waals surface area contributed by atoms with Gasteiger partial charge in [-0.25, -0.2) is 0 Å². The molecule has 4 aromatic rings. The highest BCUT2D eigenvalue weighted by Gasteiger charge is 2.09. The van der Waals surface area contributed by atoms with Crippen LogP contribution in [0.1, 0.15) is 0 Å². The van der Waals surface area contributed by atoms with Gasteiger partial charge in [-0.15, -0.1) is 0 Å². The van der Waals surface area contributed by atoms with Crippen molar-refractivity contribution in [3.05, 3.63) is 66.9 Å². The maximum absolute atomic E-state index is 10.4. The summed E-state index contributed by atoms with van der Waals surface area (Å²) in [7, 11) is 1.65. The molecule has 0 unspecified atom stereocenters. The number of aromatic nitrogens is 1. The van der Waals surface area contributed by atoms with E-state index in [-0.39, 0.29) is 5.75 Å². The van der Waals surface area contributed by atoms with Gasteiger partial charge >= 0.3 is 0 Å². The molecule has 3 nitrogen and oxygen atoms in total. The predicted molar refractivity (Wildman–Crippen MR) is 92.9 cm³/mol. The molecular formula is C20H15NO2. The quantitative estimate of drug-likeness (QED) is 0.542. The van der Waals surface area contributed by atoms with Crippen LogP contribution in [0.2, 0.25) is 0 Å². The van der Waals surface area contributed by atoms with Gasteiger partial charge in [0.15, 0.2) is 0 Å². The van der Waals surface area contributed by atoms with E-state index in [1.165, 1.54) is 0 Å². The lowest BCUT2D eigenvalue weighted by atomic mass is 9.99. The van der Waals surface area contributed by atoms with Gasteiger partial charge < -0.3 is 9.84 Å². The summed E-state index contributed by atoms with van der Waals surface area (Å²) in [6, 6.07) is 19.7. The minimum absolute atomic E-state index is 0.235. The predicted octanol–water partition coefficient (Wildman–Crippen LogP) is 4.77. The summed E-state index contributed by atoms with van der Waals surface area (Å²) in [4.78, 5) is 4.43. The average Bonchev–Trinajstić information content (AvgIpc) is 2.61. The number of phenolic OH excluding ortho intramolecular Hbond substituents is 1. The van der Waals surface area contributed by atoms with Crippen LogP contribution in [0.3, 0.4) is 0 Å². The lowest BCUT2D eigenvalue weighted by molar-refractivity contribution is 0.415. The molecule has 3 heteroatoms. The zero-order valence-electron chi connectivity index (χ0n) is 12.7. The van der Waals surface area contributed by atoms with Crippen molar-refractivity contribution in [2.45, 2.75) is 0 Å². The summed E-state index contributed by atoms with van der Waals surface area (Å²) in [5.74, 6) is 1.01. The molecule has 23 heavy (non-hydrogen) atoms. The molecule has 0 aliphatic rings. The van der Waals surface area contributed by atoms with Crippen LogP contribution >= 0.6 is 0 Å². The molecule has 0 aliphatic heterocycles. The second-order valence-corrected chi connectivity index (χ2v) is 5.46. The Bertz CT molecular complexity index is 1010. The van der Waals surface area contributed by atoms with Crippen molar-refractivity contribution >= 4 is 21.7 Å². The van der Waals surface area contributed by atoms with Crippen LogP contribution < -0.4 is 4.74 Å². The molecule has 0 atom stereocenters. The highest BCUT2D eigenvalue weighted by molar-refractivity contribution is 6.09. The van der Waals surface area contributed by atoms with Crippen molar-refractivity contribution in [2.75, 3.05) is 7.11 Å². The van der Waals surface area contributed by atoms with Crippen LogP contribution in [-0.4, -0.2) is 17.2 Å². The highest BCUT2D eigenvalue weighted by Crippen LogP contribution is 2.35. The number of methoxy groups -OCH3 is 1. The lowest BCUT2D eigenvalue weighted by Gasteiger charge is -2.10. The van der Waals surface area contributed by atoms with Gasteiger partial charge in [0.1, 0.15) is 11.5 Å². The number of hydrogen-bond donors (Lipinski definition) is 1. The van der Waals surface area contributed by atoms with Crippen molar-refractivity contribution in [3.63, 3.8) is 0 Å². The minimum atomic E-state index is 0.235. The summed E-state index contributed by atoms with van der Waals surface area (Å²) in [5, 5.41) is 13.1. The fraction of sp³-hybridized carbons (Fsp3) is 0.0500. The second-order valence-electron chi connectivity index (χ2n) is 5.46. The first-order chi connectivity index (χ1) is 11.3. The third kappa shape index (κ3) is 2.27. The first-order valence-corrected chi connectivity index (χ1v) is 7.41. The number of ether oxygens (including phenoxy) is 1. The molecule has 0 spiro atoms. The Kier molecular flexibility index (Phi) is 3.12. The first kappa shape index (κ1) is 13.6. The van der Waals surface area contributed by atoms with Crippen LogP contribution in [0.15, 0.2) is 66.9 Å². The lowest BCUT2D eigenvalue weighted by Crippen LogP contribution is -1.87. The topological polar surface area (TPSA) is 42.4 Å². The normalized spacial score (nSPS) is 11.0. The summed E-state index contributed by atoms with van der Waals surface area (Å²) >= 11 is 0. The van der Waals surface area contributed by atoms with Gasteiger partial charge in [0, 0.05) is 17.0 Å². The van der Waals surface area contributed by atoms with Crippen LogP contribution in [0, 0.1) is 0 Å². The monoisotopic (exact) mass is 301 g/mol. The van der Waals surface area contributed by atoms with E-state index in [1.807, 2.05) is 48.5 Å². The maximum Gasteiger partial charge on any atom is 0.125 e. The van der Waals surface area contributed by atoms with E-state index in [0.29, 0.717) is 0 Å². The van der Waals surface area contributed by atoms with E-state index in [2.05, 4.69) is 11.1 Å². The van der Waals surface area contributed by atoms with Gasteiger partial charge in [0.2, 0.25) is 0 Å². The molecule has 0 fully saturated rings. The zero-order chi connectivity index (χ0) is 15.8. The smallest absolute Gasteiger partial charge is 0.125 e. The molecule has 0 saturated carbocycles. The molecule has 112 valence electrons. The van der Waals surface area contributed by atoms with Crippen LogP contribution in [0.25, 0.3) is 32.8 Å². The molecule has 3 aromatic carbocycles. The van der Waals surface area contributed by atoms with Crippen LogP contribution in [0.4, 0.5) is 0 Å². The molecule has 1 N–H and O–H groups in total. The largest absolute Gasteiger partial charge is 0.507 e.